The van der Waals surface area contributed by atoms with Crippen molar-refractivity contribution in [2.24, 2.45) is 5.73 Å². The van der Waals surface area contributed by atoms with E-state index in [-0.39, 0.29) is 12.6 Å². The quantitative estimate of drug-likeness (QED) is 0.730. The second kappa shape index (κ2) is 6.46. The Morgan fingerprint density at radius 1 is 1.38 bits per heavy atom. The summed E-state index contributed by atoms with van der Waals surface area (Å²) >= 11 is 1.87. The summed E-state index contributed by atoms with van der Waals surface area (Å²) in [5, 5.41) is 11.5. The number of hydrogen-bond acceptors (Lipinski definition) is 3. The van der Waals surface area contributed by atoms with E-state index in [0.717, 1.165) is 5.25 Å². The fraction of sp³-hybridized carbons (Fsp3) is 0.800. The molecule has 0 spiro atoms. The first-order valence-corrected chi connectivity index (χ1v) is 5.96. The molecule has 3 N–H and O–H groups in total. The van der Waals surface area contributed by atoms with Gasteiger partial charge in [-0.05, 0) is 18.2 Å². The highest BCUT2D eigenvalue weighted by Crippen LogP contribution is 2.28. The molecule has 0 aromatic heterocycles. The van der Waals surface area contributed by atoms with E-state index in [2.05, 4.69) is 5.41 Å². The Bertz CT molecular complexity index is 155. The van der Waals surface area contributed by atoms with Crippen molar-refractivity contribution < 1.29 is 5.11 Å². The molecule has 76 valence electrons. The first-order chi connectivity index (χ1) is 6.33. The van der Waals surface area contributed by atoms with Gasteiger partial charge >= 0.3 is 0 Å². The fourth-order valence-corrected chi connectivity index (χ4v) is 2.64. The topological polar surface area (TPSA) is 46.2 Å². The summed E-state index contributed by atoms with van der Waals surface area (Å²) in [5.74, 6) is 0. The van der Waals surface area contributed by atoms with Gasteiger partial charge in [0.05, 0.1) is 6.61 Å². The molecule has 0 aromatic rings. The van der Waals surface area contributed by atoms with Crippen molar-refractivity contribution in [3.63, 3.8) is 0 Å². The Morgan fingerprint density at radius 2 is 2.08 bits per heavy atom. The van der Waals surface area contributed by atoms with Crippen molar-refractivity contribution in [1.29, 1.82) is 0 Å². The van der Waals surface area contributed by atoms with Gasteiger partial charge in [0, 0.05) is 11.3 Å². The van der Waals surface area contributed by atoms with Crippen LogP contribution in [0.5, 0.6) is 0 Å². The second-order valence-electron chi connectivity index (χ2n) is 3.57. The highest BCUT2D eigenvalue weighted by atomic mass is 32.2. The van der Waals surface area contributed by atoms with Crippen LogP contribution in [-0.2, 0) is 0 Å². The molecule has 0 saturated heterocycles. The molecule has 3 heteroatoms. The molecule has 2 nitrogen and oxygen atoms in total. The van der Waals surface area contributed by atoms with Crippen molar-refractivity contribution in [2.45, 2.75) is 43.4 Å². The average molecular weight is 201 g/mol. The van der Waals surface area contributed by atoms with Gasteiger partial charge in [-0.1, -0.05) is 25.3 Å². The molecule has 0 aliphatic heterocycles. The Balaban J connectivity index is 2.13. The Hall–Kier alpha value is 0.01000. The number of nitrogens with two attached hydrogens (primary N) is 1. The van der Waals surface area contributed by atoms with E-state index in [1.54, 1.807) is 0 Å². The zero-order chi connectivity index (χ0) is 9.52. The largest absolute Gasteiger partial charge is 0.394 e. The zero-order valence-electron chi connectivity index (χ0n) is 7.98. The van der Waals surface area contributed by atoms with Gasteiger partial charge in [0.25, 0.3) is 0 Å². The molecular formula is C10H19NOS. The van der Waals surface area contributed by atoms with Crippen LogP contribution in [0.25, 0.3) is 0 Å². The molecule has 0 amide bonds. The van der Waals surface area contributed by atoms with Gasteiger partial charge in [-0.15, -0.1) is 11.8 Å². The summed E-state index contributed by atoms with van der Waals surface area (Å²) in [4.78, 5) is 0. The normalized spacial score (nSPS) is 22.3. The third-order valence-corrected chi connectivity index (χ3v) is 3.53. The maximum absolute atomic E-state index is 8.69. The Morgan fingerprint density at radius 3 is 2.69 bits per heavy atom. The predicted octanol–water partition coefficient (Wildman–Crippen LogP) is 1.89. The lowest BCUT2D eigenvalue weighted by Crippen LogP contribution is -2.20. The second-order valence-corrected chi connectivity index (χ2v) is 4.78. The van der Waals surface area contributed by atoms with Crippen molar-refractivity contribution in [1.82, 2.24) is 0 Å². The summed E-state index contributed by atoms with van der Waals surface area (Å²) < 4.78 is 0. The molecule has 0 unspecified atom stereocenters. The van der Waals surface area contributed by atoms with Crippen LogP contribution in [0.2, 0.25) is 0 Å². The van der Waals surface area contributed by atoms with Gasteiger partial charge in [-0.25, -0.2) is 0 Å². The number of hydrogen-bond donors (Lipinski definition) is 2. The van der Waals surface area contributed by atoms with Gasteiger partial charge in [0.15, 0.2) is 0 Å². The summed E-state index contributed by atoms with van der Waals surface area (Å²) in [7, 11) is 0. The minimum atomic E-state index is -0.184. The summed E-state index contributed by atoms with van der Waals surface area (Å²) in [6.07, 6.45) is 8.71. The molecule has 0 radical (unpaired) electrons. The molecule has 1 rings (SSSR count). The minimum Gasteiger partial charge on any atom is -0.394 e. The molecule has 1 fully saturated rings. The van der Waals surface area contributed by atoms with Crippen LogP contribution in [0.3, 0.4) is 0 Å². The van der Waals surface area contributed by atoms with Crippen LogP contribution in [0.15, 0.2) is 11.5 Å². The third-order valence-electron chi connectivity index (χ3n) is 2.36. The van der Waals surface area contributed by atoms with E-state index < -0.39 is 0 Å². The van der Waals surface area contributed by atoms with E-state index in [0.29, 0.717) is 0 Å². The third kappa shape index (κ3) is 4.69. The number of aliphatic hydroxyl groups excluding tert-OH is 1. The van der Waals surface area contributed by atoms with Crippen LogP contribution in [0, 0.1) is 0 Å². The molecule has 13 heavy (non-hydrogen) atoms. The molecule has 1 atom stereocenters. The highest BCUT2D eigenvalue weighted by molar-refractivity contribution is 8.02. The van der Waals surface area contributed by atoms with E-state index in [1.165, 1.54) is 32.1 Å². The highest BCUT2D eigenvalue weighted by Gasteiger charge is 2.11. The lowest BCUT2D eigenvalue weighted by molar-refractivity contribution is 0.284. The van der Waals surface area contributed by atoms with Gasteiger partial charge in [0.1, 0.15) is 0 Å². The lowest BCUT2D eigenvalue weighted by atomic mass is 10.0. The monoisotopic (exact) mass is 201 g/mol. The van der Waals surface area contributed by atoms with Crippen molar-refractivity contribution in [2.75, 3.05) is 6.61 Å². The first-order valence-electron chi connectivity index (χ1n) is 5.01. The SMILES string of the molecule is N[C@H](/C=C/SC1CCCCC1)CO. The van der Waals surface area contributed by atoms with Crippen molar-refractivity contribution in [3.05, 3.63) is 11.5 Å². The van der Waals surface area contributed by atoms with Gasteiger partial charge < -0.3 is 10.8 Å². The van der Waals surface area contributed by atoms with Crippen molar-refractivity contribution in [3.8, 4) is 0 Å². The summed E-state index contributed by atoms with van der Waals surface area (Å²) in [6.45, 7) is 0.0434. The van der Waals surface area contributed by atoms with E-state index >= 15 is 0 Å². The molecule has 0 aromatic carbocycles. The summed E-state index contributed by atoms with van der Waals surface area (Å²) in [5.41, 5.74) is 5.54. The standard InChI is InChI=1S/C10H19NOS/c11-9(8-12)6-7-13-10-4-2-1-3-5-10/h6-7,9-10,12H,1-5,8,11H2/b7-6+/t9-/m1/s1. The van der Waals surface area contributed by atoms with E-state index in [9.17, 15) is 0 Å². The molecule has 1 saturated carbocycles. The smallest absolute Gasteiger partial charge is 0.0618 e. The Labute approximate surface area is 84.6 Å². The van der Waals surface area contributed by atoms with E-state index in [4.69, 9.17) is 10.8 Å². The van der Waals surface area contributed by atoms with Gasteiger partial charge in [-0.3, -0.25) is 0 Å². The Kier molecular flexibility index (Phi) is 5.51. The lowest BCUT2D eigenvalue weighted by Gasteiger charge is -2.19. The predicted molar refractivity (Wildman–Crippen MR) is 58.7 cm³/mol. The number of rotatable bonds is 4. The maximum Gasteiger partial charge on any atom is 0.0618 e. The molecular weight excluding hydrogens is 182 g/mol. The molecule has 1 aliphatic rings. The van der Waals surface area contributed by atoms with Crippen LogP contribution < -0.4 is 5.73 Å². The van der Waals surface area contributed by atoms with Gasteiger partial charge in [0.2, 0.25) is 0 Å². The first kappa shape index (κ1) is 11.1. The van der Waals surface area contributed by atoms with Gasteiger partial charge in [-0.2, -0.15) is 0 Å². The summed E-state index contributed by atoms with van der Waals surface area (Å²) in [6, 6.07) is -0.184. The average Bonchev–Trinajstić information content (AvgIpc) is 2.19. The number of aliphatic hydroxyl groups is 1. The molecule has 1 aliphatic carbocycles. The zero-order valence-corrected chi connectivity index (χ0v) is 8.80. The fourth-order valence-electron chi connectivity index (χ4n) is 1.52. The maximum atomic E-state index is 8.69. The number of thioether (sulfide) groups is 1. The van der Waals surface area contributed by atoms with Crippen LogP contribution >= 0.6 is 11.8 Å². The van der Waals surface area contributed by atoms with Crippen LogP contribution in [-0.4, -0.2) is 23.0 Å². The van der Waals surface area contributed by atoms with Crippen LogP contribution in [0.4, 0.5) is 0 Å². The van der Waals surface area contributed by atoms with E-state index in [1.807, 2.05) is 17.8 Å². The molecule has 0 heterocycles. The molecule has 0 bridgehead atoms. The minimum absolute atomic E-state index is 0.0434. The van der Waals surface area contributed by atoms with Crippen LogP contribution in [0.1, 0.15) is 32.1 Å². The van der Waals surface area contributed by atoms with Crippen molar-refractivity contribution >= 4 is 11.8 Å².